The molecule has 0 N–H and O–H groups in total. The third kappa shape index (κ3) is 3.34. The summed E-state index contributed by atoms with van der Waals surface area (Å²) in [6, 6.07) is 20.0. The Hall–Kier alpha value is -1.76. The summed E-state index contributed by atoms with van der Waals surface area (Å²) in [4.78, 5) is 0. The Morgan fingerprint density at radius 2 is 1.60 bits per heavy atom. The third-order valence-corrected chi connectivity index (χ3v) is 4.62. The van der Waals surface area contributed by atoms with Gasteiger partial charge in [0.15, 0.2) is 6.29 Å². The van der Waals surface area contributed by atoms with E-state index in [2.05, 4.69) is 0 Å². The average molecular weight is 342 g/mol. The van der Waals surface area contributed by atoms with Crippen LogP contribution >= 0.6 is 0 Å². The number of methoxy groups -OCH3 is 1. The zero-order valence-electron chi connectivity index (χ0n) is 14.2. The lowest BCUT2D eigenvalue weighted by Gasteiger charge is -2.30. The number of hydrogen-bond donors (Lipinski definition) is 0. The van der Waals surface area contributed by atoms with Gasteiger partial charge in [-0.1, -0.05) is 60.7 Å². The van der Waals surface area contributed by atoms with Gasteiger partial charge in [0.05, 0.1) is 13.2 Å². The fourth-order valence-electron chi connectivity index (χ4n) is 3.32. The van der Waals surface area contributed by atoms with E-state index < -0.39 is 12.1 Å². The molecule has 0 spiro atoms. The molecular weight excluding hydrogens is 320 g/mol. The Bertz CT molecular complexity index is 677. The minimum Gasteiger partial charge on any atom is -0.365 e. The van der Waals surface area contributed by atoms with E-state index in [1.807, 2.05) is 60.7 Å². The summed E-state index contributed by atoms with van der Waals surface area (Å²) in [5.41, 5.74) is 2.17. The number of ether oxygens (including phenoxy) is 5. The molecule has 5 heteroatoms. The molecule has 4 rings (SSSR count). The van der Waals surface area contributed by atoms with Gasteiger partial charge in [-0.2, -0.15) is 0 Å². The molecule has 2 aliphatic heterocycles. The van der Waals surface area contributed by atoms with Gasteiger partial charge in [-0.25, -0.2) is 0 Å². The van der Waals surface area contributed by atoms with Gasteiger partial charge < -0.3 is 23.7 Å². The lowest BCUT2D eigenvalue weighted by Crippen LogP contribution is -2.44. The van der Waals surface area contributed by atoms with Crippen molar-refractivity contribution >= 4 is 0 Å². The average Bonchev–Trinajstić information content (AvgIpc) is 3.18. The highest BCUT2D eigenvalue weighted by Crippen LogP contribution is 2.43. The van der Waals surface area contributed by atoms with Crippen molar-refractivity contribution in [3.05, 3.63) is 71.8 Å². The second-order valence-electron chi connectivity index (χ2n) is 6.30. The molecule has 1 unspecified atom stereocenters. The Labute approximate surface area is 147 Å². The summed E-state index contributed by atoms with van der Waals surface area (Å²) < 4.78 is 29.6. The fourth-order valence-corrected chi connectivity index (χ4v) is 3.32. The zero-order valence-corrected chi connectivity index (χ0v) is 14.2. The topological polar surface area (TPSA) is 46.2 Å². The minimum absolute atomic E-state index is 0.288. The molecule has 25 heavy (non-hydrogen) atoms. The third-order valence-electron chi connectivity index (χ3n) is 4.62. The molecule has 4 atom stereocenters. The summed E-state index contributed by atoms with van der Waals surface area (Å²) in [6.45, 7) is 1.24. The van der Waals surface area contributed by atoms with Crippen molar-refractivity contribution < 1.29 is 23.7 Å². The van der Waals surface area contributed by atoms with Gasteiger partial charge in [0, 0.05) is 7.11 Å². The predicted molar refractivity (Wildman–Crippen MR) is 90.6 cm³/mol. The van der Waals surface area contributed by atoms with Crippen LogP contribution in [-0.2, 0) is 36.9 Å². The van der Waals surface area contributed by atoms with Crippen LogP contribution in [0.2, 0.25) is 0 Å². The van der Waals surface area contributed by atoms with E-state index >= 15 is 0 Å². The molecular formula is C20H22O5. The summed E-state index contributed by atoms with van der Waals surface area (Å²) in [7, 11) is 1.61. The van der Waals surface area contributed by atoms with Crippen molar-refractivity contribution in [1.29, 1.82) is 0 Å². The molecule has 0 amide bonds. The molecule has 0 radical (unpaired) electrons. The molecule has 0 aromatic heterocycles. The lowest BCUT2D eigenvalue weighted by atomic mass is 10.1. The summed E-state index contributed by atoms with van der Waals surface area (Å²) in [5.74, 6) is -0.935. The van der Waals surface area contributed by atoms with Crippen molar-refractivity contribution in [2.75, 3.05) is 13.7 Å². The first kappa shape index (κ1) is 16.7. The van der Waals surface area contributed by atoms with Crippen molar-refractivity contribution in [1.82, 2.24) is 0 Å². The van der Waals surface area contributed by atoms with Crippen LogP contribution in [0.15, 0.2) is 60.7 Å². The minimum atomic E-state index is -0.935. The van der Waals surface area contributed by atoms with Crippen molar-refractivity contribution in [2.45, 2.75) is 37.5 Å². The quantitative estimate of drug-likeness (QED) is 0.774. The van der Waals surface area contributed by atoms with Gasteiger partial charge in [-0.05, 0) is 11.1 Å². The zero-order chi connectivity index (χ0) is 17.1. The maximum Gasteiger partial charge on any atom is 0.224 e. The van der Waals surface area contributed by atoms with E-state index in [9.17, 15) is 0 Å². The molecule has 0 saturated carbocycles. The van der Waals surface area contributed by atoms with Crippen LogP contribution in [0, 0.1) is 0 Å². The van der Waals surface area contributed by atoms with Gasteiger partial charge in [-0.15, -0.1) is 0 Å². The molecule has 2 bridgehead atoms. The van der Waals surface area contributed by atoms with Crippen LogP contribution in [0.1, 0.15) is 11.1 Å². The van der Waals surface area contributed by atoms with Gasteiger partial charge in [0.25, 0.3) is 0 Å². The Kier molecular flexibility index (Phi) is 4.83. The van der Waals surface area contributed by atoms with Gasteiger partial charge >= 0.3 is 0 Å². The monoisotopic (exact) mass is 342 g/mol. The molecule has 2 heterocycles. The van der Waals surface area contributed by atoms with E-state index in [4.69, 9.17) is 23.7 Å². The fraction of sp³-hybridized carbons (Fsp3) is 0.400. The standard InChI is InChI=1S/C20H22O5/c1-21-19-17-18(22-12-15-8-4-2-5-9-15)20(25-19,14-23-17)24-13-16-10-6-3-7-11-16/h2-11,17-19H,12-14H2,1H3/t17-,18+,19?,20+/m1/s1. The highest BCUT2D eigenvalue weighted by Gasteiger charge is 2.64. The molecule has 2 saturated heterocycles. The Balaban J connectivity index is 1.47. The summed E-state index contributed by atoms with van der Waals surface area (Å²) in [5, 5.41) is 0. The highest BCUT2D eigenvalue weighted by molar-refractivity contribution is 5.15. The van der Waals surface area contributed by atoms with Crippen LogP contribution in [0.3, 0.4) is 0 Å². The summed E-state index contributed by atoms with van der Waals surface area (Å²) in [6.07, 6.45) is -1.10. The maximum atomic E-state index is 6.15. The normalized spacial score (nSPS) is 30.7. The second kappa shape index (κ2) is 7.23. The molecule has 0 aliphatic carbocycles. The first-order valence-electron chi connectivity index (χ1n) is 8.46. The Morgan fingerprint density at radius 1 is 0.960 bits per heavy atom. The largest absolute Gasteiger partial charge is 0.365 e. The van der Waals surface area contributed by atoms with E-state index in [0.29, 0.717) is 19.8 Å². The lowest BCUT2D eigenvalue weighted by molar-refractivity contribution is -0.324. The van der Waals surface area contributed by atoms with E-state index in [-0.39, 0.29) is 12.2 Å². The van der Waals surface area contributed by atoms with Crippen LogP contribution < -0.4 is 0 Å². The first-order chi connectivity index (χ1) is 12.3. The molecule has 132 valence electrons. The summed E-state index contributed by atoms with van der Waals surface area (Å²) >= 11 is 0. The Morgan fingerprint density at radius 3 is 2.24 bits per heavy atom. The number of hydrogen-bond acceptors (Lipinski definition) is 5. The van der Waals surface area contributed by atoms with Crippen LogP contribution in [0.4, 0.5) is 0 Å². The smallest absolute Gasteiger partial charge is 0.224 e. The predicted octanol–water partition coefficient (Wildman–Crippen LogP) is 2.89. The molecule has 2 fully saturated rings. The van der Waals surface area contributed by atoms with E-state index in [0.717, 1.165) is 11.1 Å². The van der Waals surface area contributed by atoms with Gasteiger partial charge in [0.1, 0.15) is 18.8 Å². The van der Waals surface area contributed by atoms with Crippen LogP contribution in [-0.4, -0.2) is 38.0 Å². The molecule has 2 aromatic rings. The van der Waals surface area contributed by atoms with E-state index in [1.165, 1.54) is 0 Å². The number of fused-ring (bicyclic) bond motifs is 2. The van der Waals surface area contributed by atoms with Crippen molar-refractivity contribution in [2.24, 2.45) is 0 Å². The number of benzene rings is 2. The second-order valence-corrected chi connectivity index (χ2v) is 6.30. The number of rotatable bonds is 7. The molecule has 2 aromatic carbocycles. The SMILES string of the molecule is COC1O[C@@]2(OCc3ccccc3)CO[C@@H]1[C@@H]2OCc1ccccc1. The van der Waals surface area contributed by atoms with Crippen molar-refractivity contribution in [3.8, 4) is 0 Å². The maximum absolute atomic E-state index is 6.15. The van der Waals surface area contributed by atoms with Crippen LogP contribution in [0.5, 0.6) is 0 Å². The van der Waals surface area contributed by atoms with Crippen LogP contribution in [0.25, 0.3) is 0 Å². The highest BCUT2D eigenvalue weighted by atomic mass is 16.8. The first-order valence-corrected chi connectivity index (χ1v) is 8.46. The van der Waals surface area contributed by atoms with Gasteiger partial charge in [0.2, 0.25) is 5.79 Å². The van der Waals surface area contributed by atoms with Crippen molar-refractivity contribution in [3.63, 3.8) is 0 Å². The molecule has 5 nitrogen and oxygen atoms in total. The van der Waals surface area contributed by atoms with E-state index in [1.54, 1.807) is 7.11 Å². The van der Waals surface area contributed by atoms with Gasteiger partial charge in [-0.3, -0.25) is 0 Å². The molecule has 2 aliphatic rings.